The number of nitrogens with two attached hydrogens (primary N) is 1. The molecule has 0 saturated heterocycles. The average molecular weight is 223 g/mol. The Balaban J connectivity index is 2.21. The number of hydrogen-bond acceptors (Lipinski definition) is 4. The molecule has 1 unspecified atom stereocenters. The van der Waals surface area contributed by atoms with Gasteiger partial charge in [-0.25, -0.2) is 0 Å². The summed E-state index contributed by atoms with van der Waals surface area (Å²) in [6.45, 7) is 0. The lowest BCUT2D eigenvalue weighted by Crippen LogP contribution is -2.19. The Hall–Kier alpha value is -0.970. The fourth-order valence-electron chi connectivity index (χ4n) is 1.17. The van der Waals surface area contributed by atoms with Gasteiger partial charge in [-0.3, -0.25) is 4.79 Å². The van der Waals surface area contributed by atoms with Crippen molar-refractivity contribution in [3.05, 3.63) is 44.8 Å². The van der Waals surface area contributed by atoms with Crippen LogP contribution in [0, 0.1) is 0 Å². The van der Waals surface area contributed by atoms with Gasteiger partial charge < -0.3 is 5.73 Å². The van der Waals surface area contributed by atoms with Gasteiger partial charge in [0.1, 0.15) is 6.04 Å². The van der Waals surface area contributed by atoms with Crippen LogP contribution in [-0.2, 0) is 0 Å². The molecule has 1 atom stereocenters. The predicted octanol–water partition coefficient (Wildman–Crippen LogP) is 2.69. The van der Waals surface area contributed by atoms with Crippen LogP contribution in [-0.4, -0.2) is 5.78 Å². The maximum absolute atomic E-state index is 11.8. The zero-order valence-corrected chi connectivity index (χ0v) is 8.98. The second-order valence-electron chi connectivity index (χ2n) is 2.83. The molecule has 14 heavy (non-hydrogen) atoms. The Labute approximate surface area is 90.0 Å². The Morgan fingerprint density at radius 3 is 2.50 bits per heavy atom. The van der Waals surface area contributed by atoms with Crippen molar-refractivity contribution >= 4 is 28.5 Å². The molecule has 2 nitrogen and oxygen atoms in total. The van der Waals surface area contributed by atoms with Crippen molar-refractivity contribution in [3.63, 3.8) is 0 Å². The van der Waals surface area contributed by atoms with E-state index in [1.54, 1.807) is 6.07 Å². The van der Waals surface area contributed by atoms with Crippen LogP contribution < -0.4 is 5.73 Å². The second kappa shape index (κ2) is 4.04. The second-order valence-corrected chi connectivity index (χ2v) is 4.76. The first-order chi connectivity index (χ1) is 6.79. The lowest BCUT2D eigenvalue weighted by atomic mass is 10.1. The molecule has 0 amide bonds. The third kappa shape index (κ3) is 1.77. The van der Waals surface area contributed by atoms with Crippen LogP contribution in [0.2, 0.25) is 0 Å². The molecule has 4 heteroatoms. The van der Waals surface area contributed by atoms with Crippen LogP contribution in [0.5, 0.6) is 0 Å². The molecule has 2 aromatic rings. The Kier molecular flexibility index (Phi) is 2.77. The summed E-state index contributed by atoms with van der Waals surface area (Å²) in [4.78, 5) is 13.4. The van der Waals surface area contributed by atoms with Crippen molar-refractivity contribution in [2.24, 2.45) is 5.73 Å². The van der Waals surface area contributed by atoms with Crippen molar-refractivity contribution in [1.82, 2.24) is 0 Å². The van der Waals surface area contributed by atoms with Gasteiger partial charge in [0, 0.05) is 4.88 Å². The molecule has 0 aliphatic carbocycles. The normalized spacial score (nSPS) is 12.6. The number of carbonyl (C=O) groups is 1. The molecular formula is C10H9NOS2. The van der Waals surface area contributed by atoms with Gasteiger partial charge in [0.2, 0.25) is 0 Å². The van der Waals surface area contributed by atoms with Crippen LogP contribution in [0.1, 0.15) is 20.6 Å². The van der Waals surface area contributed by atoms with E-state index in [9.17, 15) is 4.79 Å². The molecule has 0 aliphatic heterocycles. The summed E-state index contributed by atoms with van der Waals surface area (Å²) in [5.74, 6) is 0.00227. The number of ketones is 1. The molecule has 0 radical (unpaired) electrons. The Bertz CT molecular complexity index is 405. The van der Waals surface area contributed by atoms with E-state index >= 15 is 0 Å². The summed E-state index contributed by atoms with van der Waals surface area (Å²) in [5, 5.41) is 3.81. The minimum absolute atomic E-state index is 0.00227. The third-order valence-corrected chi connectivity index (χ3v) is 3.74. The van der Waals surface area contributed by atoms with E-state index in [4.69, 9.17) is 5.73 Å². The molecule has 2 heterocycles. The summed E-state index contributed by atoms with van der Waals surface area (Å²) in [5.41, 5.74) is 5.84. The first-order valence-corrected chi connectivity index (χ1v) is 5.91. The Morgan fingerprint density at radius 2 is 1.93 bits per heavy atom. The van der Waals surface area contributed by atoms with E-state index in [2.05, 4.69) is 0 Å². The van der Waals surface area contributed by atoms with Gasteiger partial charge in [0.15, 0.2) is 5.78 Å². The van der Waals surface area contributed by atoms with Crippen molar-refractivity contribution in [2.75, 3.05) is 0 Å². The largest absolute Gasteiger partial charge is 0.317 e. The molecule has 0 aromatic carbocycles. The van der Waals surface area contributed by atoms with E-state index in [1.807, 2.05) is 29.0 Å². The molecular weight excluding hydrogens is 214 g/mol. The van der Waals surface area contributed by atoms with Crippen LogP contribution in [0.25, 0.3) is 0 Å². The van der Waals surface area contributed by atoms with Crippen LogP contribution in [0.3, 0.4) is 0 Å². The topological polar surface area (TPSA) is 43.1 Å². The molecule has 2 N–H and O–H groups in total. The summed E-state index contributed by atoms with van der Waals surface area (Å²) in [6.07, 6.45) is 0. The van der Waals surface area contributed by atoms with E-state index in [1.165, 1.54) is 22.7 Å². The quantitative estimate of drug-likeness (QED) is 0.813. The number of rotatable bonds is 3. The van der Waals surface area contributed by atoms with E-state index < -0.39 is 6.04 Å². The number of Topliss-reactive ketones (excluding diaryl/α,β-unsaturated/α-hetero) is 1. The summed E-state index contributed by atoms with van der Waals surface area (Å²) < 4.78 is 0. The van der Waals surface area contributed by atoms with Crippen LogP contribution in [0.4, 0.5) is 0 Å². The van der Waals surface area contributed by atoms with Gasteiger partial charge in [-0.1, -0.05) is 12.1 Å². The molecule has 0 saturated carbocycles. The first kappa shape index (κ1) is 9.58. The van der Waals surface area contributed by atoms with Crippen LogP contribution in [0.15, 0.2) is 35.0 Å². The Morgan fingerprint density at radius 1 is 1.21 bits per heavy atom. The lowest BCUT2D eigenvalue weighted by Gasteiger charge is -2.05. The maximum atomic E-state index is 11.8. The lowest BCUT2D eigenvalue weighted by molar-refractivity contribution is 0.0966. The number of hydrogen-bond donors (Lipinski definition) is 1. The summed E-state index contributed by atoms with van der Waals surface area (Å²) in [6, 6.07) is 6.95. The molecule has 2 rings (SSSR count). The van der Waals surface area contributed by atoms with Gasteiger partial charge in [0.25, 0.3) is 0 Å². The first-order valence-electron chi connectivity index (χ1n) is 4.16. The van der Waals surface area contributed by atoms with Crippen molar-refractivity contribution in [2.45, 2.75) is 6.04 Å². The highest BCUT2D eigenvalue weighted by molar-refractivity contribution is 7.12. The van der Waals surface area contributed by atoms with Crippen molar-refractivity contribution in [1.29, 1.82) is 0 Å². The minimum atomic E-state index is -0.506. The number of thiophene rings is 2. The van der Waals surface area contributed by atoms with Gasteiger partial charge in [-0.05, 0) is 22.9 Å². The zero-order chi connectivity index (χ0) is 9.97. The van der Waals surface area contributed by atoms with Gasteiger partial charge in [0.05, 0.1) is 4.88 Å². The third-order valence-electron chi connectivity index (χ3n) is 1.90. The van der Waals surface area contributed by atoms with Gasteiger partial charge >= 0.3 is 0 Å². The molecule has 0 fully saturated rings. The molecule has 72 valence electrons. The monoisotopic (exact) mass is 223 g/mol. The molecule has 0 spiro atoms. The fourth-order valence-corrected chi connectivity index (χ4v) is 2.60. The average Bonchev–Trinajstić information content (AvgIpc) is 2.87. The van der Waals surface area contributed by atoms with E-state index in [0.29, 0.717) is 0 Å². The fraction of sp³-hybridized carbons (Fsp3) is 0.100. The highest BCUT2D eigenvalue weighted by Gasteiger charge is 2.18. The van der Waals surface area contributed by atoms with Gasteiger partial charge in [-0.2, -0.15) is 0 Å². The van der Waals surface area contributed by atoms with Gasteiger partial charge in [-0.15, -0.1) is 22.7 Å². The van der Waals surface area contributed by atoms with Crippen molar-refractivity contribution < 1.29 is 4.79 Å². The highest BCUT2D eigenvalue weighted by Crippen LogP contribution is 2.22. The standard InChI is InChI=1S/C10H9NOS2/c11-9(7-3-1-5-13-7)10(12)8-4-2-6-14-8/h1-6,9H,11H2. The molecule has 2 aromatic heterocycles. The van der Waals surface area contributed by atoms with Crippen LogP contribution >= 0.6 is 22.7 Å². The molecule has 0 bridgehead atoms. The smallest absolute Gasteiger partial charge is 0.194 e. The summed E-state index contributed by atoms with van der Waals surface area (Å²) >= 11 is 2.95. The maximum Gasteiger partial charge on any atom is 0.194 e. The predicted molar refractivity (Wildman–Crippen MR) is 59.9 cm³/mol. The highest BCUT2D eigenvalue weighted by atomic mass is 32.1. The SMILES string of the molecule is NC(C(=O)c1cccs1)c1cccs1. The van der Waals surface area contributed by atoms with Crippen molar-refractivity contribution in [3.8, 4) is 0 Å². The summed E-state index contributed by atoms with van der Waals surface area (Å²) in [7, 11) is 0. The molecule has 0 aliphatic rings. The zero-order valence-electron chi connectivity index (χ0n) is 7.34. The van der Waals surface area contributed by atoms with E-state index in [0.717, 1.165) is 9.75 Å². The number of carbonyl (C=O) groups excluding carboxylic acids is 1. The minimum Gasteiger partial charge on any atom is -0.317 e. The van der Waals surface area contributed by atoms with E-state index in [-0.39, 0.29) is 5.78 Å².